The lowest BCUT2D eigenvalue weighted by atomic mass is 9.82. The maximum absolute atomic E-state index is 12.5. The largest absolute Gasteiger partial charge is 0.335 e. The van der Waals surface area contributed by atoms with E-state index in [4.69, 9.17) is 0 Å². The number of aryl methyl sites for hydroxylation is 2. The molecular formula is C23H30N2O. The Balaban J connectivity index is 1.55. The van der Waals surface area contributed by atoms with E-state index in [1.807, 2.05) is 0 Å². The molecular weight excluding hydrogens is 320 g/mol. The molecule has 3 heteroatoms. The van der Waals surface area contributed by atoms with E-state index in [-0.39, 0.29) is 12.1 Å². The number of carbonyl (C=O) groups excluding carboxylic acids is 1. The van der Waals surface area contributed by atoms with E-state index in [1.165, 1.54) is 16.7 Å². The molecule has 1 fully saturated rings. The summed E-state index contributed by atoms with van der Waals surface area (Å²) in [5.74, 6) is 0.629. The van der Waals surface area contributed by atoms with Crippen molar-refractivity contribution in [3.05, 3.63) is 65.2 Å². The molecule has 1 saturated carbocycles. The molecule has 26 heavy (non-hydrogen) atoms. The van der Waals surface area contributed by atoms with Crippen molar-refractivity contribution in [2.45, 2.75) is 64.3 Å². The van der Waals surface area contributed by atoms with Crippen molar-refractivity contribution in [3.63, 3.8) is 0 Å². The molecule has 138 valence electrons. The third-order valence-electron chi connectivity index (χ3n) is 5.57. The lowest BCUT2D eigenvalue weighted by molar-refractivity contribution is 0.242. The standard InChI is InChI=1S/C23H30N2O/c1-3-17-11-8-12-18(4-2)22(17)25-23(26)24-21-15-13-20(14-16-21)19-9-6-5-7-10-19/h5-12,20-21H,3-4,13-16H2,1-2H3,(H2,24,25,26). The third-order valence-corrected chi connectivity index (χ3v) is 5.57. The highest BCUT2D eigenvalue weighted by atomic mass is 16.2. The highest BCUT2D eigenvalue weighted by molar-refractivity contribution is 5.91. The summed E-state index contributed by atoms with van der Waals surface area (Å²) in [5, 5.41) is 6.31. The first-order chi connectivity index (χ1) is 12.7. The van der Waals surface area contributed by atoms with Crippen LogP contribution in [0.5, 0.6) is 0 Å². The number of carbonyl (C=O) groups is 1. The van der Waals surface area contributed by atoms with Crippen molar-refractivity contribution in [1.29, 1.82) is 0 Å². The molecule has 2 aromatic rings. The summed E-state index contributed by atoms with van der Waals surface area (Å²) in [7, 11) is 0. The summed E-state index contributed by atoms with van der Waals surface area (Å²) in [6.45, 7) is 4.26. The third kappa shape index (κ3) is 4.46. The van der Waals surface area contributed by atoms with Gasteiger partial charge in [-0.3, -0.25) is 0 Å². The van der Waals surface area contributed by atoms with Gasteiger partial charge in [0.15, 0.2) is 0 Å². The average Bonchev–Trinajstić information content (AvgIpc) is 2.69. The van der Waals surface area contributed by atoms with Gasteiger partial charge in [-0.05, 0) is 61.1 Å². The van der Waals surface area contributed by atoms with E-state index >= 15 is 0 Å². The molecule has 3 rings (SSSR count). The van der Waals surface area contributed by atoms with Crippen molar-refractivity contribution < 1.29 is 4.79 Å². The Bertz CT molecular complexity index is 696. The summed E-state index contributed by atoms with van der Waals surface area (Å²) in [5.41, 5.74) is 4.83. The van der Waals surface area contributed by atoms with Gasteiger partial charge in [0, 0.05) is 11.7 Å². The molecule has 0 spiro atoms. The van der Waals surface area contributed by atoms with Crippen molar-refractivity contribution in [2.75, 3.05) is 5.32 Å². The minimum atomic E-state index is -0.0660. The summed E-state index contributed by atoms with van der Waals surface area (Å²) < 4.78 is 0. The molecule has 0 saturated heterocycles. The molecule has 0 heterocycles. The second kappa shape index (κ2) is 8.88. The Morgan fingerprint density at radius 3 is 2.08 bits per heavy atom. The summed E-state index contributed by atoms with van der Waals surface area (Å²) in [6.07, 6.45) is 6.21. The van der Waals surface area contributed by atoms with Crippen molar-refractivity contribution in [3.8, 4) is 0 Å². The highest BCUT2D eigenvalue weighted by Crippen LogP contribution is 2.32. The first-order valence-electron chi connectivity index (χ1n) is 9.94. The van der Waals surface area contributed by atoms with Crippen LogP contribution < -0.4 is 10.6 Å². The Labute approximate surface area is 157 Å². The van der Waals surface area contributed by atoms with E-state index in [9.17, 15) is 4.79 Å². The number of rotatable bonds is 5. The van der Waals surface area contributed by atoms with Gasteiger partial charge in [0.2, 0.25) is 0 Å². The zero-order valence-corrected chi connectivity index (χ0v) is 15.9. The molecule has 0 atom stereocenters. The summed E-state index contributed by atoms with van der Waals surface area (Å²) >= 11 is 0. The van der Waals surface area contributed by atoms with Crippen molar-refractivity contribution in [1.82, 2.24) is 5.32 Å². The van der Waals surface area contributed by atoms with E-state index in [0.29, 0.717) is 5.92 Å². The van der Waals surface area contributed by atoms with Crippen LogP contribution in [0.2, 0.25) is 0 Å². The van der Waals surface area contributed by atoms with Crippen molar-refractivity contribution >= 4 is 11.7 Å². The molecule has 2 aromatic carbocycles. The first-order valence-corrected chi connectivity index (χ1v) is 9.94. The number of urea groups is 1. The Morgan fingerprint density at radius 1 is 0.885 bits per heavy atom. The fraction of sp³-hybridized carbons (Fsp3) is 0.435. The number of anilines is 1. The van der Waals surface area contributed by atoms with Gasteiger partial charge in [-0.2, -0.15) is 0 Å². The highest BCUT2D eigenvalue weighted by Gasteiger charge is 2.23. The topological polar surface area (TPSA) is 41.1 Å². The SMILES string of the molecule is CCc1cccc(CC)c1NC(=O)NC1CCC(c2ccccc2)CC1. The monoisotopic (exact) mass is 350 g/mol. The van der Waals surface area contributed by atoms with Crippen LogP contribution in [0, 0.1) is 0 Å². The van der Waals surface area contributed by atoms with Crippen LogP contribution in [-0.2, 0) is 12.8 Å². The number of benzene rings is 2. The van der Waals surface area contributed by atoms with Crippen molar-refractivity contribution in [2.24, 2.45) is 0 Å². The Morgan fingerprint density at radius 2 is 1.50 bits per heavy atom. The maximum atomic E-state index is 12.5. The molecule has 2 amide bonds. The van der Waals surface area contributed by atoms with Crippen LogP contribution in [-0.4, -0.2) is 12.1 Å². The van der Waals surface area contributed by atoms with Crippen LogP contribution >= 0.6 is 0 Å². The van der Waals surface area contributed by atoms with Gasteiger partial charge >= 0.3 is 6.03 Å². The van der Waals surface area contributed by atoms with E-state index in [0.717, 1.165) is 44.2 Å². The lowest BCUT2D eigenvalue weighted by Gasteiger charge is -2.29. The van der Waals surface area contributed by atoms with E-state index in [2.05, 4.69) is 73.0 Å². The van der Waals surface area contributed by atoms with Crippen LogP contribution in [0.1, 0.15) is 62.1 Å². The van der Waals surface area contributed by atoms with Gasteiger partial charge in [0.05, 0.1) is 0 Å². The van der Waals surface area contributed by atoms with E-state index < -0.39 is 0 Å². The second-order valence-electron chi connectivity index (χ2n) is 7.22. The molecule has 0 unspecified atom stereocenters. The fourth-order valence-corrected chi connectivity index (χ4v) is 4.03. The average molecular weight is 351 g/mol. The lowest BCUT2D eigenvalue weighted by Crippen LogP contribution is -2.40. The number of nitrogens with one attached hydrogen (secondary N) is 2. The van der Waals surface area contributed by atoms with Gasteiger partial charge in [-0.1, -0.05) is 62.4 Å². The van der Waals surface area contributed by atoms with Gasteiger partial charge < -0.3 is 10.6 Å². The van der Waals surface area contributed by atoms with Crippen LogP contribution in [0.3, 0.4) is 0 Å². The van der Waals surface area contributed by atoms with Gasteiger partial charge in [0.25, 0.3) is 0 Å². The number of hydrogen-bond acceptors (Lipinski definition) is 1. The number of amides is 2. The molecule has 0 aliphatic heterocycles. The molecule has 1 aliphatic carbocycles. The zero-order chi connectivity index (χ0) is 18.4. The molecule has 3 nitrogen and oxygen atoms in total. The van der Waals surface area contributed by atoms with Crippen LogP contribution in [0.15, 0.2) is 48.5 Å². The molecule has 0 bridgehead atoms. The minimum Gasteiger partial charge on any atom is -0.335 e. The van der Waals surface area contributed by atoms with Gasteiger partial charge in [-0.25, -0.2) is 4.79 Å². The second-order valence-corrected chi connectivity index (χ2v) is 7.22. The number of hydrogen-bond donors (Lipinski definition) is 2. The van der Waals surface area contributed by atoms with E-state index in [1.54, 1.807) is 0 Å². The quantitative estimate of drug-likeness (QED) is 0.718. The zero-order valence-electron chi connectivity index (χ0n) is 15.9. The normalized spacial score (nSPS) is 19.8. The predicted molar refractivity (Wildman–Crippen MR) is 109 cm³/mol. The van der Waals surface area contributed by atoms with Gasteiger partial charge in [0.1, 0.15) is 0 Å². The first kappa shape index (κ1) is 18.5. The molecule has 2 N–H and O–H groups in total. The van der Waals surface area contributed by atoms with Crippen LogP contribution in [0.25, 0.3) is 0 Å². The minimum absolute atomic E-state index is 0.0660. The predicted octanol–water partition coefficient (Wildman–Crippen LogP) is 5.66. The Hall–Kier alpha value is -2.29. The molecule has 0 radical (unpaired) electrons. The summed E-state index contributed by atoms with van der Waals surface area (Å²) in [4.78, 5) is 12.5. The Kier molecular flexibility index (Phi) is 6.32. The molecule has 1 aliphatic rings. The fourth-order valence-electron chi connectivity index (χ4n) is 4.03. The summed E-state index contributed by atoms with van der Waals surface area (Å²) in [6, 6.07) is 17.2. The van der Waals surface area contributed by atoms with Gasteiger partial charge in [-0.15, -0.1) is 0 Å². The smallest absolute Gasteiger partial charge is 0.319 e. The maximum Gasteiger partial charge on any atom is 0.319 e. The molecule has 0 aromatic heterocycles. The number of para-hydroxylation sites is 1. The van der Waals surface area contributed by atoms with Crippen LogP contribution in [0.4, 0.5) is 10.5 Å².